The summed E-state index contributed by atoms with van der Waals surface area (Å²) in [5.74, 6) is 0.697. The molecule has 2 aromatic carbocycles. The molecule has 0 fully saturated rings. The molecule has 0 saturated heterocycles. The lowest BCUT2D eigenvalue weighted by molar-refractivity contribution is 0.0697. The van der Waals surface area contributed by atoms with Crippen LogP contribution >= 0.6 is 15.9 Å². The maximum Gasteiger partial charge on any atom is 0.335 e. The van der Waals surface area contributed by atoms with Crippen molar-refractivity contribution in [1.82, 2.24) is 0 Å². The summed E-state index contributed by atoms with van der Waals surface area (Å²) in [6.07, 6.45) is 0. The highest BCUT2D eigenvalue weighted by Crippen LogP contribution is 2.24. The van der Waals surface area contributed by atoms with Crippen molar-refractivity contribution in [2.45, 2.75) is 6.54 Å². The number of benzene rings is 2. The van der Waals surface area contributed by atoms with Crippen molar-refractivity contribution in [3.8, 4) is 11.3 Å². The second kappa shape index (κ2) is 6.71. The number of halogens is 1. The van der Waals surface area contributed by atoms with E-state index in [0.717, 1.165) is 27.2 Å². The molecule has 0 bridgehead atoms. The van der Waals surface area contributed by atoms with Crippen LogP contribution in [-0.4, -0.2) is 11.1 Å². The molecule has 0 unspecified atom stereocenters. The molecular formula is C18H14BrNO3. The Labute approximate surface area is 141 Å². The molecule has 0 saturated carbocycles. The van der Waals surface area contributed by atoms with Gasteiger partial charge in [-0.3, -0.25) is 0 Å². The monoisotopic (exact) mass is 371 g/mol. The Morgan fingerprint density at radius 2 is 1.70 bits per heavy atom. The SMILES string of the molecule is O=C(O)c1ccc(NCc2ccc(-c3ccc(Br)cc3)o2)cc1. The van der Waals surface area contributed by atoms with Crippen LogP contribution in [0, 0.1) is 0 Å². The molecule has 0 spiro atoms. The van der Waals surface area contributed by atoms with Crippen molar-refractivity contribution >= 4 is 27.6 Å². The van der Waals surface area contributed by atoms with Gasteiger partial charge >= 0.3 is 5.97 Å². The van der Waals surface area contributed by atoms with Crippen molar-refractivity contribution in [2.75, 3.05) is 5.32 Å². The molecule has 1 aromatic heterocycles. The van der Waals surface area contributed by atoms with Gasteiger partial charge in [0.1, 0.15) is 11.5 Å². The number of nitrogens with one attached hydrogen (secondary N) is 1. The summed E-state index contributed by atoms with van der Waals surface area (Å²) >= 11 is 3.41. The van der Waals surface area contributed by atoms with Gasteiger partial charge in [-0.25, -0.2) is 4.79 Å². The van der Waals surface area contributed by atoms with E-state index in [1.54, 1.807) is 24.3 Å². The van der Waals surface area contributed by atoms with Crippen LogP contribution in [-0.2, 0) is 6.54 Å². The molecule has 0 atom stereocenters. The first-order chi connectivity index (χ1) is 11.1. The van der Waals surface area contributed by atoms with E-state index in [1.165, 1.54) is 0 Å². The topological polar surface area (TPSA) is 62.5 Å². The Morgan fingerprint density at radius 1 is 1.00 bits per heavy atom. The van der Waals surface area contributed by atoms with Crippen LogP contribution in [0.3, 0.4) is 0 Å². The summed E-state index contributed by atoms with van der Waals surface area (Å²) in [6.45, 7) is 0.531. The molecule has 1 heterocycles. The van der Waals surface area contributed by atoms with Gasteiger partial charge in [-0.15, -0.1) is 0 Å². The summed E-state index contributed by atoms with van der Waals surface area (Å²) in [5, 5.41) is 12.1. The quantitative estimate of drug-likeness (QED) is 0.660. The minimum Gasteiger partial charge on any atom is -0.478 e. The van der Waals surface area contributed by atoms with Crippen molar-refractivity contribution in [1.29, 1.82) is 0 Å². The molecule has 0 aliphatic rings. The van der Waals surface area contributed by atoms with Gasteiger partial charge in [0.25, 0.3) is 0 Å². The number of carboxylic acid groups (broad SMARTS) is 1. The van der Waals surface area contributed by atoms with Crippen LogP contribution in [0.5, 0.6) is 0 Å². The lowest BCUT2D eigenvalue weighted by Gasteiger charge is -2.05. The number of carboxylic acids is 1. The number of carbonyl (C=O) groups is 1. The number of furan rings is 1. The van der Waals surface area contributed by atoms with Crippen LogP contribution in [0.15, 0.2) is 69.6 Å². The summed E-state index contributed by atoms with van der Waals surface area (Å²) in [7, 11) is 0. The number of aromatic carboxylic acids is 1. The predicted molar refractivity (Wildman–Crippen MR) is 92.6 cm³/mol. The van der Waals surface area contributed by atoms with E-state index in [0.29, 0.717) is 6.54 Å². The standard InChI is InChI=1S/C18H14BrNO3/c19-14-5-1-12(2-6-14)17-10-9-16(23-17)11-20-15-7-3-13(4-8-15)18(21)22/h1-10,20H,11H2,(H,21,22). The highest BCUT2D eigenvalue weighted by atomic mass is 79.9. The van der Waals surface area contributed by atoms with Crippen molar-refractivity contribution in [2.24, 2.45) is 0 Å². The fraction of sp³-hybridized carbons (Fsp3) is 0.0556. The van der Waals surface area contributed by atoms with E-state index < -0.39 is 5.97 Å². The second-order valence-electron chi connectivity index (χ2n) is 5.01. The zero-order chi connectivity index (χ0) is 16.2. The van der Waals surface area contributed by atoms with E-state index in [1.807, 2.05) is 36.4 Å². The van der Waals surface area contributed by atoms with Gasteiger partial charge in [0.05, 0.1) is 12.1 Å². The molecule has 23 heavy (non-hydrogen) atoms. The fourth-order valence-electron chi connectivity index (χ4n) is 2.16. The highest BCUT2D eigenvalue weighted by molar-refractivity contribution is 9.10. The number of anilines is 1. The Morgan fingerprint density at radius 3 is 2.35 bits per heavy atom. The number of hydrogen-bond acceptors (Lipinski definition) is 3. The highest BCUT2D eigenvalue weighted by Gasteiger charge is 2.05. The molecule has 0 amide bonds. The van der Waals surface area contributed by atoms with Crippen molar-refractivity contribution < 1.29 is 14.3 Å². The minimum atomic E-state index is -0.929. The Balaban J connectivity index is 1.65. The van der Waals surface area contributed by atoms with Gasteiger partial charge in [0.15, 0.2) is 0 Å². The third-order valence-electron chi connectivity index (χ3n) is 3.39. The van der Waals surface area contributed by atoms with Crippen LogP contribution in [0.25, 0.3) is 11.3 Å². The second-order valence-corrected chi connectivity index (χ2v) is 5.92. The predicted octanol–water partition coefficient (Wildman–Crippen LogP) is 5.02. The third-order valence-corrected chi connectivity index (χ3v) is 3.92. The maximum atomic E-state index is 10.8. The van der Waals surface area contributed by atoms with E-state index in [4.69, 9.17) is 9.52 Å². The van der Waals surface area contributed by atoms with E-state index in [-0.39, 0.29) is 5.56 Å². The molecule has 116 valence electrons. The van der Waals surface area contributed by atoms with E-state index >= 15 is 0 Å². The average Bonchev–Trinajstić information content (AvgIpc) is 3.03. The van der Waals surface area contributed by atoms with Crippen LogP contribution in [0.1, 0.15) is 16.1 Å². The van der Waals surface area contributed by atoms with Crippen LogP contribution in [0.2, 0.25) is 0 Å². The summed E-state index contributed by atoms with van der Waals surface area (Å²) in [6, 6.07) is 18.4. The van der Waals surface area contributed by atoms with Crippen LogP contribution < -0.4 is 5.32 Å². The molecule has 3 rings (SSSR count). The fourth-order valence-corrected chi connectivity index (χ4v) is 2.43. The summed E-state index contributed by atoms with van der Waals surface area (Å²) in [4.78, 5) is 10.8. The largest absolute Gasteiger partial charge is 0.478 e. The first-order valence-corrected chi connectivity index (χ1v) is 7.83. The zero-order valence-electron chi connectivity index (χ0n) is 12.1. The average molecular weight is 372 g/mol. The van der Waals surface area contributed by atoms with Gasteiger partial charge in [-0.1, -0.05) is 28.1 Å². The zero-order valence-corrected chi connectivity index (χ0v) is 13.7. The number of rotatable bonds is 5. The molecule has 0 radical (unpaired) electrons. The smallest absolute Gasteiger partial charge is 0.335 e. The first kappa shape index (κ1) is 15.4. The molecule has 3 aromatic rings. The Bertz CT molecular complexity index is 807. The Hall–Kier alpha value is -2.53. The molecule has 2 N–H and O–H groups in total. The first-order valence-electron chi connectivity index (χ1n) is 7.04. The normalized spacial score (nSPS) is 10.5. The molecule has 5 heteroatoms. The van der Waals surface area contributed by atoms with Crippen molar-refractivity contribution in [3.63, 3.8) is 0 Å². The minimum absolute atomic E-state index is 0.270. The maximum absolute atomic E-state index is 10.8. The molecular weight excluding hydrogens is 358 g/mol. The Kier molecular flexibility index (Phi) is 4.48. The molecule has 4 nitrogen and oxygen atoms in total. The third kappa shape index (κ3) is 3.81. The molecule has 0 aliphatic carbocycles. The van der Waals surface area contributed by atoms with Crippen molar-refractivity contribution in [3.05, 3.63) is 76.5 Å². The number of hydrogen-bond donors (Lipinski definition) is 2. The van der Waals surface area contributed by atoms with Gasteiger partial charge < -0.3 is 14.8 Å². The summed E-state index contributed by atoms with van der Waals surface area (Å²) in [5.41, 5.74) is 2.13. The van der Waals surface area contributed by atoms with Crippen LogP contribution in [0.4, 0.5) is 5.69 Å². The van der Waals surface area contributed by atoms with Gasteiger partial charge in [0, 0.05) is 15.7 Å². The lowest BCUT2D eigenvalue weighted by atomic mass is 10.2. The lowest BCUT2D eigenvalue weighted by Crippen LogP contribution is -2.00. The van der Waals surface area contributed by atoms with Gasteiger partial charge in [-0.2, -0.15) is 0 Å². The summed E-state index contributed by atoms with van der Waals surface area (Å²) < 4.78 is 6.85. The molecule has 0 aliphatic heterocycles. The van der Waals surface area contributed by atoms with E-state index in [9.17, 15) is 4.79 Å². The van der Waals surface area contributed by atoms with Gasteiger partial charge in [0.2, 0.25) is 0 Å². The van der Waals surface area contributed by atoms with Gasteiger partial charge in [-0.05, 0) is 48.5 Å². The van der Waals surface area contributed by atoms with E-state index in [2.05, 4.69) is 21.2 Å².